The van der Waals surface area contributed by atoms with Crippen molar-refractivity contribution in [3.05, 3.63) is 65.8 Å². The molecule has 0 aliphatic heterocycles. The standard InChI is InChI=1S/C15H11ClN2/c16-12-5-7-13(8-6-12)18-14-9-11-3-1-2-4-15(11)17-10-14/h1-10,18H. The Morgan fingerprint density at radius 1 is 0.889 bits per heavy atom. The number of para-hydroxylation sites is 1. The van der Waals surface area contributed by atoms with Crippen molar-refractivity contribution in [1.29, 1.82) is 0 Å². The van der Waals surface area contributed by atoms with Crippen molar-refractivity contribution in [1.82, 2.24) is 4.98 Å². The Labute approximate surface area is 110 Å². The average Bonchev–Trinajstić information content (AvgIpc) is 2.41. The molecule has 0 spiro atoms. The maximum atomic E-state index is 5.85. The first-order valence-corrected chi connectivity index (χ1v) is 6.06. The van der Waals surface area contributed by atoms with Gasteiger partial charge in [-0.3, -0.25) is 4.98 Å². The summed E-state index contributed by atoms with van der Waals surface area (Å²) in [6, 6.07) is 17.7. The van der Waals surface area contributed by atoms with Crippen LogP contribution in [0.1, 0.15) is 0 Å². The van der Waals surface area contributed by atoms with E-state index in [4.69, 9.17) is 11.6 Å². The fourth-order valence-corrected chi connectivity index (χ4v) is 1.97. The fraction of sp³-hybridized carbons (Fsp3) is 0. The van der Waals surface area contributed by atoms with Crippen LogP contribution in [0.5, 0.6) is 0 Å². The maximum absolute atomic E-state index is 5.85. The number of hydrogen-bond donors (Lipinski definition) is 1. The van der Waals surface area contributed by atoms with Gasteiger partial charge in [-0.15, -0.1) is 0 Å². The zero-order chi connectivity index (χ0) is 12.4. The summed E-state index contributed by atoms with van der Waals surface area (Å²) in [7, 11) is 0. The average molecular weight is 255 g/mol. The largest absolute Gasteiger partial charge is 0.354 e. The predicted octanol–water partition coefficient (Wildman–Crippen LogP) is 4.63. The Morgan fingerprint density at radius 2 is 1.67 bits per heavy atom. The quantitative estimate of drug-likeness (QED) is 0.721. The first kappa shape index (κ1) is 11.1. The van der Waals surface area contributed by atoms with E-state index in [1.165, 1.54) is 0 Å². The van der Waals surface area contributed by atoms with Crippen LogP contribution in [-0.4, -0.2) is 4.98 Å². The van der Waals surface area contributed by atoms with Crippen LogP contribution in [0.2, 0.25) is 5.02 Å². The molecule has 0 radical (unpaired) electrons. The summed E-state index contributed by atoms with van der Waals surface area (Å²) in [6.45, 7) is 0. The molecule has 0 atom stereocenters. The molecule has 0 saturated carbocycles. The summed E-state index contributed by atoms with van der Waals surface area (Å²) in [5.41, 5.74) is 2.96. The highest BCUT2D eigenvalue weighted by atomic mass is 35.5. The predicted molar refractivity (Wildman–Crippen MR) is 76.5 cm³/mol. The SMILES string of the molecule is Clc1ccc(Nc2cnc3ccccc3c2)cc1. The lowest BCUT2D eigenvalue weighted by Gasteiger charge is -2.07. The van der Waals surface area contributed by atoms with Crippen molar-refractivity contribution in [3.63, 3.8) is 0 Å². The molecule has 0 aliphatic carbocycles. The van der Waals surface area contributed by atoms with Crippen molar-refractivity contribution < 1.29 is 0 Å². The second-order valence-corrected chi connectivity index (χ2v) is 4.49. The van der Waals surface area contributed by atoms with Crippen molar-refractivity contribution in [2.24, 2.45) is 0 Å². The third-order valence-corrected chi connectivity index (χ3v) is 2.98. The van der Waals surface area contributed by atoms with Gasteiger partial charge in [0, 0.05) is 16.1 Å². The molecule has 2 aromatic carbocycles. The van der Waals surface area contributed by atoms with Crippen LogP contribution in [0.25, 0.3) is 10.9 Å². The lowest BCUT2D eigenvalue weighted by molar-refractivity contribution is 1.39. The first-order chi connectivity index (χ1) is 8.81. The number of nitrogens with one attached hydrogen (secondary N) is 1. The van der Waals surface area contributed by atoms with E-state index in [2.05, 4.69) is 22.4 Å². The van der Waals surface area contributed by atoms with Crippen molar-refractivity contribution >= 4 is 33.9 Å². The van der Waals surface area contributed by atoms with Crippen LogP contribution in [0.3, 0.4) is 0 Å². The Balaban J connectivity index is 1.92. The zero-order valence-electron chi connectivity index (χ0n) is 9.60. The van der Waals surface area contributed by atoms with E-state index in [9.17, 15) is 0 Å². The Morgan fingerprint density at radius 3 is 2.50 bits per heavy atom. The molecule has 0 fully saturated rings. The number of hydrogen-bond acceptors (Lipinski definition) is 2. The highest BCUT2D eigenvalue weighted by molar-refractivity contribution is 6.30. The van der Waals surface area contributed by atoms with E-state index in [0.717, 1.165) is 27.3 Å². The fourth-order valence-electron chi connectivity index (χ4n) is 1.84. The van der Waals surface area contributed by atoms with E-state index >= 15 is 0 Å². The number of fused-ring (bicyclic) bond motifs is 1. The molecule has 1 heterocycles. The first-order valence-electron chi connectivity index (χ1n) is 5.69. The molecule has 0 saturated heterocycles. The molecule has 3 rings (SSSR count). The van der Waals surface area contributed by atoms with Crippen molar-refractivity contribution in [2.45, 2.75) is 0 Å². The van der Waals surface area contributed by atoms with Gasteiger partial charge >= 0.3 is 0 Å². The van der Waals surface area contributed by atoms with Crippen molar-refractivity contribution in [3.8, 4) is 0 Å². The molecule has 0 unspecified atom stereocenters. The number of benzene rings is 2. The Hall–Kier alpha value is -2.06. The summed E-state index contributed by atoms with van der Waals surface area (Å²) in [6.07, 6.45) is 1.83. The van der Waals surface area contributed by atoms with E-state index in [1.807, 2.05) is 48.7 Å². The van der Waals surface area contributed by atoms with Crippen LogP contribution in [0.15, 0.2) is 60.8 Å². The van der Waals surface area contributed by atoms with Crippen LogP contribution < -0.4 is 5.32 Å². The van der Waals surface area contributed by atoms with E-state index in [1.54, 1.807) is 0 Å². The normalized spacial score (nSPS) is 10.5. The molecule has 0 aliphatic rings. The van der Waals surface area contributed by atoms with Gasteiger partial charge in [0.2, 0.25) is 0 Å². The van der Waals surface area contributed by atoms with Gasteiger partial charge in [-0.1, -0.05) is 29.8 Å². The molecular weight excluding hydrogens is 244 g/mol. The monoisotopic (exact) mass is 254 g/mol. The molecule has 0 bridgehead atoms. The van der Waals surface area contributed by atoms with Gasteiger partial charge in [0.1, 0.15) is 0 Å². The summed E-state index contributed by atoms with van der Waals surface area (Å²) >= 11 is 5.85. The Bertz CT molecular complexity index is 677. The molecule has 88 valence electrons. The van der Waals surface area contributed by atoms with Gasteiger partial charge < -0.3 is 5.32 Å². The molecule has 2 nitrogen and oxygen atoms in total. The van der Waals surface area contributed by atoms with Crippen molar-refractivity contribution in [2.75, 3.05) is 5.32 Å². The molecule has 3 aromatic rings. The lowest BCUT2D eigenvalue weighted by Crippen LogP contribution is -1.91. The van der Waals surface area contributed by atoms with Gasteiger partial charge in [0.05, 0.1) is 17.4 Å². The minimum atomic E-state index is 0.734. The number of halogens is 1. The zero-order valence-corrected chi connectivity index (χ0v) is 10.4. The van der Waals surface area contributed by atoms with Gasteiger partial charge in [0.25, 0.3) is 0 Å². The highest BCUT2D eigenvalue weighted by Gasteiger charge is 1.98. The van der Waals surface area contributed by atoms with Crippen LogP contribution >= 0.6 is 11.6 Å². The van der Waals surface area contributed by atoms with Crippen LogP contribution in [0.4, 0.5) is 11.4 Å². The topological polar surface area (TPSA) is 24.9 Å². The van der Waals surface area contributed by atoms with Gasteiger partial charge in [0.15, 0.2) is 0 Å². The number of anilines is 2. The second-order valence-electron chi connectivity index (χ2n) is 4.05. The third-order valence-electron chi connectivity index (χ3n) is 2.72. The van der Waals surface area contributed by atoms with Gasteiger partial charge in [-0.2, -0.15) is 0 Å². The van der Waals surface area contributed by atoms with Gasteiger partial charge in [-0.25, -0.2) is 0 Å². The summed E-state index contributed by atoms with van der Waals surface area (Å²) < 4.78 is 0. The summed E-state index contributed by atoms with van der Waals surface area (Å²) in [5.74, 6) is 0. The maximum Gasteiger partial charge on any atom is 0.0703 e. The minimum Gasteiger partial charge on any atom is -0.354 e. The molecule has 1 aromatic heterocycles. The van der Waals surface area contributed by atoms with Crippen LogP contribution in [-0.2, 0) is 0 Å². The number of pyridine rings is 1. The second kappa shape index (κ2) is 4.67. The van der Waals surface area contributed by atoms with Crippen LogP contribution in [0, 0.1) is 0 Å². The molecule has 1 N–H and O–H groups in total. The summed E-state index contributed by atoms with van der Waals surface area (Å²) in [4.78, 5) is 4.41. The number of rotatable bonds is 2. The Kier molecular flexibility index (Phi) is 2.87. The molecule has 3 heteroatoms. The molecular formula is C15H11ClN2. The van der Waals surface area contributed by atoms with E-state index < -0.39 is 0 Å². The summed E-state index contributed by atoms with van der Waals surface area (Å²) in [5, 5.41) is 5.16. The molecule has 18 heavy (non-hydrogen) atoms. The minimum absolute atomic E-state index is 0.734. The number of nitrogens with zero attached hydrogens (tertiary/aromatic N) is 1. The number of aromatic nitrogens is 1. The smallest absolute Gasteiger partial charge is 0.0703 e. The lowest BCUT2D eigenvalue weighted by atomic mass is 10.2. The highest BCUT2D eigenvalue weighted by Crippen LogP contribution is 2.21. The van der Waals surface area contributed by atoms with Gasteiger partial charge in [-0.05, 0) is 36.4 Å². The third kappa shape index (κ3) is 2.29. The van der Waals surface area contributed by atoms with E-state index in [0.29, 0.717) is 0 Å². The van der Waals surface area contributed by atoms with E-state index in [-0.39, 0.29) is 0 Å². The molecule has 0 amide bonds.